The molecule has 1 heterocycles. The summed E-state index contributed by atoms with van der Waals surface area (Å²) in [5, 5.41) is 11.7. The average Bonchev–Trinajstić information content (AvgIpc) is 2.74. The molecule has 0 aromatic heterocycles. The van der Waals surface area contributed by atoms with E-state index in [0.717, 1.165) is 11.4 Å². The first-order valence-electron chi connectivity index (χ1n) is 6.07. The van der Waals surface area contributed by atoms with Gasteiger partial charge < -0.3 is 0 Å². The fraction of sp³-hybridized carbons (Fsp3) is 0.267. The Kier molecular flexibility index (Phi) is 2.30. The maximum Gasteiger partial charge on any atom is 0.114 e. The Bertz CT molecular complexity index is 615. The normalized spacial score (nSPS) is 24.8. The number of allylic oxidation sites excluding steroid dienone is 3. The van der Waals surface area contributed by atoms with Gasteiger partial charge in [0.2, 0.25) is 0 Å². The Morgan fingerprint density at radius 1 is 1.06 bits per heavy atom. The number of nitrogens with zero attached hydrogens (tertiary/aromatic N) is 3. The van der Waals surface area contributed by atoms with Crippen LogP contribution in [0.15, 0.2) is 57.6 Å². The van der Waals surface area contributed by atoms with Gasteiger partial charge in [0.15, 0.2) is 0 Å². The molecule has 1 aromatic carbocycles. The van der Waals surface area contributed by atoms with Crippen LogP contribution >= 0.6 is 0 Å². The van der Waals surface area contributed by atoms with Gasteiger partial charge in [-0.15, -0.1) is 10.2 Å². The van der Waals surface area contributed by atoms with Crippen molar-refractivity contribution in [3.05, 3.63) is 58.8 Å². The smallest absolute Gasteiger partial charge is 0.114 e. The second-order valence-electron chi connectivity index (χ2n) is 5.20. The van der Waals surface area contributed by atoms with E-state index in [2.05, 4.69) is 66.6 Å². The van der Waals surface area contributed by atoms with Gasteiger partial charge in [-0.2, -0.15) is 0 Å². The van der Waals surface area contributed by atoms with Crippen molar-refractivity contribution in [3.63, 3.8) is 0 Å². The summed E-state index contributed by atoms with van der Waals surface area (Å²) in [5.74, 6) is 0. The summed E-state index contributed by atoms with van der Waals surface area (Å²) in [5.41, 5.74) is 5.45. The van der Waals surface area contributed by atoms with Crippen LogP contribution in [0.5, 0.6) is 0 Å². The van der Waals surface area contributed by atoms with Crippen LogP contribution in [0.25, 0.3) is 0 Å². The van der Waals surface area contributed by atoms with Gasteiger partial charge in [-0.3, -0.25) is 0 Å². The van der Waals surface area contributed by atoms with Crippen molar-refractivity contribution in [1.29, 1.82) is 0 Å². The van der Waals surface area contributed by atoms with E-state index in [1.165, 1.54) is 16.7 Å². The highest BCUT2D eigenvalue weighted by atomic mass is 15.4. The lowest BCUT2D eigenvalue weighted by atomic mass is 9.77. The molecule has 1 atom stereocenters. The summed E-state index contributed by atoms with van der Waals surface area (Å²) in [6.45, 7) is 6.44. The predicted octanol–water partition coefficient (Wildman–Crippen LogP) is 3.84. The Morgan fingerprint density at radius 2 is 1.78 bits per heavy atom. The lowest BCUT2D eigenvalue weighted by molar-refractivity contribution is 0.746. The van der Waals surface area contributed by atoms with Gasteiger partial charge in [0, 0.05) is 5.41 Å². The Morgan fingerprint density at radius 3 is 2.50 bits per heavy atom. The van der Waals surface area contributed by atoms with Crippen LogP contribution in [0.2, 0.25) is 0 Å². The minimum atomic E-state index is -0.130. The molecule has 18 heavy (non-hydrogen) atoms. The van der Waals surface area contributed by atoms with Gasteiger partial charge in [0.05, 0.1) is 0 Å². The largest absolute Gasteiger partial charge is 0.129 e. The standard InChI is InChI=1S/C15H15N3/c1-10-6-11(2)8-12(7-10)15(3)5-4-13-14(9-15)17-18-16-13/h4-9H,1-3H3. The number of benzene rings is 1. The molecule has 3 rings (SSSR count). The third kappa shape index (κ3) is 1.72. The average molecular weight is 237 g/mol. The number of rotatable bonds is 1. The van der Waals surface area contributed by atoms with Gasteiger partial charge in [-0.1, -0.05) is 35.4 Å². The van der Waals surface area contributed by atoms with Crippen molar-refractivity contribution in [2.24, 2.45) is 15.4 Å². The number of fused-ring (bicyclic) bond motifs is 1. The molecule has 0 bridgehead atoms. The minimum Gasteiger partial charge on any atom is -0.129 e. The summed E-state index contributed by atoms with van der Waals surface area (Å²) >= 11 is 0. The highest BCUT2D eigenvalue weighted by Crippen LogP contribution is 2.34. The van der Waals surface area contributed by atoms with Crippen molar-refractivity contribution >= 4 is 5.71 Å². The third-order valence-electron chi connectivity index (χ3n) is 3.44. The van der Waals surface area contributed by atoms with Crippen LogP contribution in [-0.2, 0) is 5.41 Å². The SMILES string of the molecule is Cc1cc(C)cc(C2(C)C=CC3=NN=NC3=C2)c1. The molecule has 90 valence electrons. The van der Waals surface area contributed by atoms with Crippen molar-refractivity contribution < 1.29 is 0 Å². The zero-order valence-corrected chi connectivity index (χ0v) is 10.8. The summed E-state index contributed by atoms with van der Waals surface area (Å²) in [7, 11) is 0. The molecule has 3 heteroatoms. The van der Waals surface area contributed by atoms with E-state index in [0.29, 0.717) is 0 Å². The monoisotopic (exact) mass is 237 g/mol. The van der Waals surface area contributed by atoms with Crippen LogP contribution in [0.4, 0.5) is 0 Å². The molecule has 0 amide bonds. The molecule has 0 N–H and O–H groups in total. The number of aryl methyl sites for hydroxylation is 2. The van der Waals surface area contributed by atoms with E-state index >= 15 is 0 Å². The zero-order chi connectivity index (χ0) is 12.8. The molecule has 2 aliphatic rings. The van der Waals surface area contributed by atoms with E-state index in [-0.39, 0.29) is 5.41 Å². The van der Waals surface area contributed by atoms with E-state index in [1.54, 1.807) is 0 Å². The summed E-state index contributed by atoms with van der Waals surface area (Å²) in [6.07, 6.45) is 6.31. The first kappa shape index (κ1) is 11.1. The zero-order valence-electron chi connectivity index (χ0n) is 10.8. The van der Waals surface area contributed by atoms with Gasteiger partial charge in [0.25, 0.3) is 0 Å². The van der Waals surface area contributed by atoms with Crippen molar-refractivity contribution in [2.45, 2.75) is 26.2 Å². The van der Waals surface area contributed by atoms with E-state index < -0.39 is 0 Å². The van der Waals surface area contributed by atoms with Crippen LogP contribution in [0, 0.1) is 13.8 Å². The lowest BCUT2D eigenvalue weighted by Crippen LogP contribution is -2.21. The highest BCUT2D eigenvalue weighted by molar-refractivity contribution is 6.10. The summed E-state index contributed by atoms with van der Waals surface area (Å²) < 4.78 is 0. The van der Waals surface area contributed by atoms with Crippen LogP contribution in [0.1, 0.15) is 23.6 Å². The molecular weight excluding hydrogens is 222 g/mol. The van der Waals surface area contributed by atoms with Crippen LogP contribution in [-0.4, -0.2) is 5.71 Å². The molecule has 1 aliphatic carbocycles. The number of hydrogen-bond donors (Lipinski definition) is 0. The van der Waals surface area contributed by atoms with Gasteiger partial charge in [-0.05, 0) is 43.7 Å². The van der Waals surface area contributed by atoms with E-state index in [1.807, 2.05) is 6.08 Å². The minimum absolute atomic E-state index is 0.130. The predicted molar refractivity (Wildman–Crippen MR) is 72.8 cm³/mol. The van der Waals surface area contributed by atoms with Crippen LogP contribution < -0.4 is 0 Å². The molecule has 0 spiro atoms. The third-order valence-corrected chi connectivity index (χ3v) is 3.44. The lowest BCUT2D eigenvalue weighted by Gasteiger charge is -2.26. The summed E-state index contributed by atoms with van der Waals surface area (Å²) in [6, 6.07) is 6.64. The first-order chi connectivity index (χ1) is 8.57. The fourth-order valence-corrected chi connectivity index (χ4v) is 2.49. The maximum absolute atomic E-state index is 4.05. The van der Waals surface area contributed by atoms with Gasteiger partial charge in [0.1, 0.15) is 11.4 Å². The van der Waals surface area contributed by atoms with Crippen LogP contribution in [0.3, 0.4) is 0 Å². The Hall–Kier alpha value is -2.03. The van der Waals surface area contributed by atoms with Crippen molar-refractivity contribution in [2.75, 3.05) is 0 Å². The second-order valence-corrected chi connectivity index (χ2v) is 5.20. The highest BCUT2D eigenvalue weighted by Gasteiger charge is 2.28. The molecule has 1 unspecified atom stereocenters. The molecule has 0 saturated carbocycles. The number of hydrogen-bond acceptors (Lipinski definition) is 3. The van der Waals surface area contributed by atoms with Crippen molar-refractivity contribution in [3.8, 4) is 0 Å². The first-order valence-corrected chi connectivity index (χ1v) is 6.07. The molecule has 3 nitrogen and oxygen atoms in total. The molecule has 0 saturated heterocycles. The van der Waals surface area contributed by atoms with Gasteiger partial charge in [-0.25, -0.2) is 0 Å². The van der Waals surface area contributed by atoms with Gasteiger partial charge >= 0.3 is 0 Å². The molecule has 1 aliphatic heterocycles. The van der Waals surface area contributed by atoms with E-state index in [4.69, 9.17) is 0 Å². The topological polar surface area (TPSA) is 37.1 Å². The fourth-order valence-electron chi connectivity index (χ4n) is 2.49. The Labute approximate surface area is 107 Å². The molecule has 0 fully saturated rings. The van der Waals surface area contributed by atoms with E-state index in [9.17, 15) is 0 Å². The summed E-state index contributed by atoms with van der Waals surface area (Å²) in [4.78, 5) is 0. The molecule has 0 radical (unpaired) electrons. The molecular formula is C15H15N3. The Balaban J connectivity index is 2.11. The van der Waals surface area contributed by atoms with Crippen molar-refractivity contribution in [1.82, 2.24) is 0 Å². The quantitative estimate of drug-likeness (QED) is 0.711. The molecule has 1 aromatic rings. The second kappa shape index (κ2) is 3.73. The maximum atomic E-state index is 4.05.